The van der Waals surface area contributed by atoms with Crippen molar-refractivity contribution in [2.75, 3.05) is 0 Å². The molecule has 1 aliphatic carbocycles. The molecule has 6 nitrogen and oxygen atoms in total. The first-order valence-corrected chi connectivity index (χ1v) is 9.62. The molecule has 154 valence electrons. The van der Waals surface area contributed by atoms with Gasteiger partial charge < -0.3 is 20.2 Å². The molecule has 1 atom stereocenters. The molecule has 1 saturated carbocycles. The van der Waals surface area contributed by atoms with Gasteiger partial charge in [0.05, 0.1) is 6.04 Å². The minimum Gasteiger partial charge on any atom is -0.459 e. The van der Waals surface area contributed by atoms with Crippen LogP contribution in [0.3, 0.4) is 0 Å². The molecule has 1 aromatic carbocycles. The molecule has 1 aromatic rings. The highest BCUT2D eigenvalue weighted by Crippen LogP contribution is 2.30. The van der Waals surface area contributed by atoms with Crippen molar-refractivity contribution in [2.24, 2.45) is 5.41 Å². The molecule has 0 saturated heterocycles. The summed E-state index contributed by atoms with van der Waals surface area (Å²) in [4.78, 5) is 36.7. The Morgan fingerprint density at radius 1 is 1.18 bits per heavy atom. The second-order valence-corrected chi connectivity index (χ2v) is 8.42. The van der Waals surface area contributed by atoms with Crippen molar-refractivity contribution < 1.29 is 23.5 Å². The fourth-order valence-corrected chi connectivity index (χ4v) is 3.25. The Labute approximate surface area is 165 Å². The van der Waals surface area contributed by atoms with Gasteiger partial charge in [0.15, 0.2) is 0 Å². The summed E-state index contributed by atoms with van der Waals surface area (Å²) in [6.45, 7) is 5.54. The van der Waals surface area contributed by atoms with Crippen LogP contribution in [0.2, 0.25) is 0 Å². The van der Waals surface area contributed by atoms with Crippen molar-refractivity contribution in [2.45, 2.75) is 71.1 Å². The van der Waals surface area contributed by atoms with Gasteiger partial charge in [0.25, 0.3) is 0 Å². The van der Waals surface area contributed by atoms with E-state index in [-0.39, 0.29) is 12.4 Å². The number of esters is 1. The monoisotopic (exact) mass is 392 g/mol. The Balaban J connectivity index is 2.05. The zero-order chi connectivity index (χ0) is 20.8. The van der Waals surface area contributed by atoms with Crippen LogP contribution >= 0.6 is 0 Å². The Morgan fingerprint density at radius 2 is 1.79 bits per heavy atom. The Hall–Kier alpha value is -2.44. The Kier molecular flexibility index (Phi) is 7.16. The number of amides is 2. The lowest BCUT2D eigenvalue weighted by Gasteiger charge is -2.36. The smallest absolute Gasteiger partial charge is 0.332 e. The number of benzene rings is 1. The fraction of sp³-hybridized carbons (Fsp3) is 0.571. The number of hydrogen-bond acceptors (Lipinski definition) is 4. The largest absolute Gasteiger partial charge is 0.459 e. The van der Waals surface area contributed by atoms with Crippen molar-refractivity contribution in [1.29, 1.82) is 0 Å². The zero-order valence-corrected chi connectivity index (χ0v) is 16.7. The van der Waals surface area contributed by atoms with Crippen molar-refractivity contribution in [3.05, 3.63) is 35.6 Å². The summed E-state index contributed by atoms with van der Waals surface area (Å²) < 4.78 is 18.4. The number of ether oxygens (including phenoxy) is 1. The van der Waals surface area contributed by atoms with Crippen LogP contribution in [0.25, 0.3) is 0 Å². The van der Waals surface area contributed by atoms with Crippen molar-refractivity contribution in [1.82, 2.24) is 10.6 Å². The van der Waals surface area contributed by atoms with Crippen LogP contribution < -0.4 is 10.6 Å². The van der Waals surface area contributed by atoms with E-state index < -0.39 is 29.0 Å². The van der Waals surface area contributed by atoms with Crippen LogP contribution in [0.5, 0.6) is 0 Å². The van der Waals surface area contributed by atoms with E-state index in [1.165, 1.54) is 12.1 Å². The summed E-state index contributed by atoms with van der Waals surface area (Å²) in [6, 6.07) is 4.47. The van der Waals surface area contributed by atoms with Crippen LogP contribution in [0.15, 0.2) is 24.3 Å². The summed E-state index contributed by atoms with van der Waals surface area (Å²) >= 11 is 0. The number of hydrogen-bond donors (Lipinski definition) is 2. The van der Waals surface area contributed by atoms with E-state index in [9.17, 15) is 18.8 Å². The molecule has 2 rings (SSSR count). The number of carbonyl (C=O) groups excluding carboxylic acids is 3. The zero-order valence-electron chi connectivity index (χ0n) is 16.7. The summed E-state index contributed by atoms with van der Waals surface area (Å²) in [5.41, 5.74) is -0.894. The van der Waals surface area contributed by atoms with Gasteiger partial charge in [-0.25, -0.2) is 14.0 Å². The maximum Gasteiger partial charge on any atom is 0.332 e. The minimum atomic E-state index is -1.12. The normalized spacial score (nSPS) is 17.3. The van der Waals surface area contributed by atoms with Crippen molar-refractivity contribution >= 4 is 18.3 Å². The van der Waals surface area contributed by atoms with Crippen LogP contribution in [-0.2, 0) is 20.9 Å². The molecule has 0 aromatic heterocycles. The topological polar surface area (TPSA) is 84.5 Å². The number of rotatable bonds is 6. The summed E-state index contributed by atoms with van der Waals surface area (Å²) in [7, 11) is 0. The van der Waals surface area contributed by atoms with Crippen molar-refractivity contribution in [3.63, 3.8) is 0 Å². The van der Waals surface area contributed by atoms with E-state index in [2.05, 4.69) is 10.6 Å². The number of halogens is 1. The first-order chi connectivity index (χ1) is 13.2. The molecule has 0 heterocycles. The average molecular weight is 392 g/mol. The van der Waals surface area contributed by atoms with E-state index in [1.807, 2.05) is 20.8 Å². The predicted molar refractivity (Wildman–Crippen MR) is 103 cm³/mol. The van der Waals surface area contributed by atoms with Gasteiger partial charge >= 0.3 is 12.0 Å². The quantitative estimate of drug-likeness (QED) is 0.573. The Morgan fingerprint density at radius 3 is 2.32 bits per heavy atom. The van der Waals surface area contributed by atoms with Gasteiger partial charge in [-0.15, -0.1) is 0 Å². The van der Waals surface area contributed by atoms with Crippen LogP contribution in [0, 0.1) is 11.2 Å². The lowest BCUT2D eigenvalue weighted by Crippen LogP contribution is -2.60. The van der Waals surface area contributed by atoms with Gasteiger partial charge in [0.1, 0.15) is 24.2 Å². The van der Waals surface area contributed by atoms with Crippen molar-refractivity contribution in [3.8, 4) is 0 Å². The van der Waals surface area contributed by atoms with E-state index >= 15 is 0 Å². The van der Waals surface area contributed by atoms with Gasteiger partial charge in [-0.05, 0) is 36.0 Å². The lowest BCUT2D eigenvalue weighted by atomic mass is 9.81. The Bertz CT molecular complexity index is 691. The number of nitrogens with one attached hydrogen (secondary N) is 2. The molecule has 1 fully saturated rings. The van der Waals surface area contributed by atoms with E-state index in [4.69, 9.17) is 4.74 Å². The molecule has 0 aliphatic heterocycles. The highest BCUT2D eigenvalue weighted by Gasteiger charge is 2.43. The highest BCUT2D eigenvalue weighted by atomic mass is 19.1. The molecule has 28 heavy (non-hydrogen) atoms. The molecule has 2 amide bonds. The van der Waals surface area contributed by atoms with Crippen LogP contribution in [0.4, 0.5) is 9.18 Å². The maximum atomic E-state index is 13.0. The third-order valence-electron chi connectivity index (χ3n) is 5.09. The summed E-state index contributed by atoms with van der Waals surface area (Å²) in [5.74, 6) is -0.870. The first kappa shape index (κ1) is 21.9. The molecule has 2 N–H and O–H groups in total. The maximum absolute atomic E-state index is 13.0. The molecule has 1 unspecified atom stereocenters. The van der Waals surface area contributed by atoms with Crippen LogP contribution in [-0.4, -0.2) is 29.9 Å². The number of carbonyl (C=O) groups is 3. The third kappa shape index (κ3) is 5.78. The molecule has 0 radical (unpaired) electrons. The highest BCUT2D eigenvalue weighted by molar-refractivity contribution is 5.88. The second kappa shape index (κ2) is 9.17. The molecule has 1 aliphatic rings. The molecular formula is C21H29FN2O4. The van der Waals surface area contributed by atoms with Gasteiger partial charge in [-0.3, -0.25) is 0 Å². The number of aldehydes is 1. The molecule has 7 heteroatoms. The lowest BCUT2D eigenvalue weighted by molar-refractivity contribution is -0.154. The molecule has 0 spiro atoms. The van der Waals surface area contributed by atoms with E-state index in [1.54, 1.807) is 12.1 Å². The molecule has 0 bridgehead atoms. The van der Waals surface area contributed by atoms with Gasteiger partial charge in [0.2, 0.25) is 0 Å². The van der Waals surface area contributed by atoms with Crippen LogP contribution in [0.1, 0.15) is 58.4 Å². The van der Waals surface area contributed by atoms with E-state index in [0.717, 1.165) is 19.3 Å². The first-order valence-electron chi connectivity index (χ1n) is 9.62. The van der Waals surface area contributed by atoms with Gasteiger partial charge in [-0.1, -0.05) is 52.2 Å². The predicted octanol–water partition coefficient (Wildman–Crippen LogP) is 3.48. The van der Waals surface area contributed by atoms with Gasteiger partial charge in [-0.2, -0.15) is 0 Å². The summed E-state index contributed by atoms with van der Waals surface area (Å²) in [5, 5.41) is 5.42. The number of urea groups is 1. The summed E-state index contributed by atoms with van der Waals surface area (Å²) in [6.07, 6.45) is 4.22. The minimum absolute atomic E-state index is 0.00309. The van der Waals surface area contributed by atoms with Gasteiger partial charge in [0, 0.05) is 0 Å². The average Bonchev–Trinajstić information content (AvgIpc) is 2.65. The van der Waals surface area contributed by atoms with E-state index in [0.29, 0.717) is 24.7 Å². The standard InChI is InChI=1S/C21H29FN2O4/c1-20(2,3)17(13-25)23-19(27)24-21(11-5-4-6-12-21)18(26)28-14-15-7-9-16(22)10-8-15/h7-10,13,17H,4-6,11-12,14H2,1-3H3,(H2,23,24,27). The third-order valence-corrected chi connectivity index (χ3v) is 5.09. The SMILES string of the molecule is CC(C)(C)C(C=O)NC(=O)NC1(C(=O)OCc2ccc(F)cc2)CCCCC1. The molecular weight excluding hydrogens is 363 g/mol. The fourth-order valence-electron chi connectivity index (χ4n) is 3.25. The second-order valence-electron chi connectivity index (χ2n) is 8.42.